The summed E-state index contributed by atoms with van der Waals surface area (Å²) >= 11 is 0. The van der Waals surface area contributed by atoms with Crippen LogP contribution in [0, 0.1) is 0 Å². The second-order valence-corrected chi connectivity index (χ2v) is 4.56. The fourth-order valence-corrected chi connectivity index (χ4v) is 2.46. The van der Waals surface area contributed by atoms with E-state index in [4.69, 9.17) is 4.74 Å². The van der Waals surface area contributed by atoms with Gasteiger partial charge in [0.05, 0.1) is 5.41 Å². The van der Waals surface area contributed by atoms with Crippen LogP contribution in [0.15, 0.2) is 43.0 Å². The third kappa shape index (κ3) is 2.46. The van der Waals surface area contributed by atoms with Crippen LogP contribution >= 0.6 is 0 Å². The Labute approximate surface area is 108 Å². The Morgan fingerprint density at radius 3 is 2.61 bits per heavy atom. The minimum Gasteiger partial charge on any atom is -0.381 e. The molecule has 1 aliphatic heterocycles. The minimum absolute atomic E-state index is 0.0805. The van der Waals surface area contributed by atoms with E-state index in [0.717, 1.165) is 18.4 Å². The van der Waals surface area contributed by atoms with Crippen molar-refractivity contribution in [2.75, 3.05) is 19.8 Å². The summed E-state index contributed by atoms with van der Waals surface area (Å²) in [6.45, 7) is 5.41. The number of carbonyl (C=O) groups is 1. The first-order valence-corrected chi connectivity index (χ1v) is 6.32. The predicted molar refractivity (Wildman–Crippen MR) is 71.4 cm³/mol. The van der Waals surface area contributed by atoms with Gasteiger partial charge in [-0.3, -0.25) is 4.79 Å². The number of carbonyl (C=O) groups excluding carboxylic acids is 1. The highest BCUT2D eigenvalue weighted by atomic mass is 16.5. The van der Waals surface area contributed by atoms with Crippen molar-refractivity contribution in [2.45, 2.75) is 18.3 Å². The molecule has 3 nitrogen and oxygen atoms in total. The van der Waals surface area contributed by atoms with Gasteiger partial charge in [0, 0.05) is 19.8 Å². The van der Waals surface area contributed by atoms with Crippen LogP contribution < -0.4 is 5.32 Å². The highest BCUT2D eigenvalue weighted by Gasteiger charge is 2.41. The van der Waals surface area contributed by atoms with Crippen molar-refractivity contribution in [3.05, 3.63) is 48.6 Å². The summed E-state index contributed by atoms with van der Waals surface area (Å²) in [5.41, 5.74) is 0.637. The second kappa shape index (κ2) is 5.83. The second-order valence-electron chi connectivity index (χ2n) is 4.56. The van der Waals surface area contributed by atoms with Gasteiger partial charge in [-0.15, -0.1) is 6.58 Å². The molecule has 1 aromatic carbocycles. The van der Waals surface area contributed by atoms with Gasteiger partial charge in [0.15, 0.2) is 0 Å². The van der Waals surface area contributed by atoms with Gasteiger partial charge in [0.25, 0.3) is 0 Å². The Bertz CT molecular complexity index is 408. The lowest BCUT2D eigenvalue weighted by atomic mass is 9.73. The van der Waals surface area contributed by atoms with Crippen molar-refractivity contribution in [3.63, 3.8) is 0 Å². The van der Waals surface area contributed by atoms with Crippen molar-refractivity contribution >= 4 is 5.91 Å². The summed E-state index contributed by atoms with van der Waals surface area (Å²) in [5.74, 6) is 0.0805. The molecule has 1 amide bonds. The van der Waals surface area contributed by atoms with E-state index in [1.807, 2.05) is 30.3 Å². The molecular formula is C15H19NO2. The van der Waals surface area contributed by atoms with Crippen LogP contribution in [0.3, 0.4) is 0 Å². The van der Waals surface area contributed by atoms with Gasteiger partial charge in [0.2, 0.25) is 5.91 Å². The van der Waals surface area contributed by atoms with Crippen molar-refractivity contribution < 1.29 is 9.53 Å². The molecule has 0 unspecified atom stereocenters. The zero-order valence-electron chi connectivity index (χ0n) is 10.5. The SMILES string of the molecule is C=CCNC(=O)C1(c2ccccc2)CCOCC1. The van der Waals surface area contributed by atoms with E-state index < -0.39 is 5.41 Å². The van der Waals surface area contributed by atoms with E-state index in [-0.39, 0.29) is 5.91 Å². The fraction of sp³-hybridized carbons (Fsp3) is 0.400. The summed E-state index contributed by atoms with van der Waals surface area (Å²) in [7, 11) is 0. The normalized spacial score (nSPS) is 18.0. The molecule has 0 aromatic heterocycles. The van der Waals surface area contributed by atoms with Crippen LogP contribution in [0.5, 0.6) is 0 Å². The molecule has 0 bridgehead atoms. The van der Waals surface area contributed by atoms with Crippen LogP contribution in [-0.2, 0) is 14.9 Å². The molecule has 1 aliphatic rings. The van der Waals surface area contributed by atoms with Gasteiger partial charge in [-0.05, 0) is 18.4 Å². The number of ether oxygens (including phenoxy) is 1. The van der Waals surface area contributed by atoms with E-state index in [9.17, 15) is 4.79 Å². The smallest absolute Gasteiger partial charge is 0.231 e. The number of hydrogen-bond donors (Lipinski definition) is 1. The van der Waals surface area contributed by atoms with Gasteiger partial charge in [-0.2, -0.15) is 0 Å². The number of hydrogen-bond acceptors (Lipinski definition) is 2. The molecular weight excluding hydrogens is 226 g/mol. The van der Waals surface area contributed by atoms with Gasteiger partial charge in [-0.1, -0.05) is 36.4 Å². The molecule has 18 heavy (non-hydrogen) atoms. The molecule has 0 spiro atoms. The monoisotopic (exact) mass is 245 g/mol. The average Bonchev–Trinajstić information content (AvgIpc) is 2.46. The Balaban J connectivity index is 2.28. The van der Waals surface area contributed by atoms with Crippen LogP contribution in [0.25, 0.3) is 0 Å². The molecule has 0 aliphatic carbocycles. The standard InChI is InChI=1S/C15H19NO2/c1-2-10-16-14(17)15(8-11-18-12-9-15)13-6-4-3-5-7-13/h2-7H,1,8-12H2,(H,16,17). The predicted octanol–water partition coefficient (Wildman–Crippen LogP) is 2.04. The zero-order chi connectivity index (χ0) is 12.8. The highest BCUT2D eigenvalue weighted by Crippen LogP contribution is 2.34. The van der Waals surface area contributed by atoms with Gasteiger partial charge >= 0.3 is 0 Å². The quantitative estimate of drug-likeness (QED) is 0.824. The first kappa shape index (κ1) is 12.8. The Kier molecular flexibility index (Phi) is 4.15. The number of amides is 1. The lowest BCUT2D eigenvalue weighted by Crippen LogP contribution is -2.48. The molecule has 1 fully saturated rings. The molecule has 0 atom stereocenters. The Morgan fingerprint density at radius 1 is 1.33 bits per heavy atom. The van der Waals surface area contributed by atoms with Crippen LogP contribution in [0.1, 0.15) is 18.4 Å². The first-order chi connectivity index (χ1) is 8.79. The average molecular weight is 245 g/mol. The van der Waals surface area contributed by atoms with E-state index in [2.05, 4.69) is 11.9 Å². The molecule has 1 saturated heterocycles. The van der Waals surface area contributed by atoms with Crippen LogP contribution in [0.4, 0.5) is 0 Å². The summed E-state index contributed by atoms with van der Waals surface area (Å²) in [5, 5.41) is 2.93. The Morgan fingerprint density at radius 2 is 2.00 bits per heavy atom. The van der Waals surface area contributed by atoms with Crippen molar-refractivity contribution in [1.29, 1.82) is 0 Å². The van der Waals surface area contributed by atoms with Crippen LogP contribution in [0.2, 0.25) is 0 Å². The summed E-state index contributed by atoms with van der Waals surface area (Å²) in [4.78, 5) is 12.5. The maximum atomic E-state index is 12.5. The van der Waals surface area contributed by atoms with Gasteiger partial charge in [0.1, 0.15) is 0 Å². The van der Waals surface area contributed by atoms with E-state index in [1.54, 1.807) is 6.08 Å². The van der Waals surface area contributed by atoms with Gasteiger partial charge in [-0.25, -0.2) is 0 Å². The zero-order valence-corrected chi connectivity index (χ0v) is 10.5. The lowest BCUT2D eigenvalue weighted by molar-refractivity contribution is -0.130. The summed E-state index contributed by atoms with van der Waals surface area (Å²) in [6.07, 6.45) is 3.18. The molecule has 1 aromatic rings. The van der Waals surface area contributed by atoms with E-state index >= 15 is 0 Å². The Hall–Kier alpha value is -1.61. The molecule has 2 rings (SSSR count). The van der Waals surface area contributed by atoms with Crippen LogP contribution in [-0.4, -0.2) is 25.7 Å². The van der Waals surface area contributed by atoms with Crippen molar-refractivity contribution in [2.24, 2.45) is 0 Å². The van der Waals surface area contributed by atoms with Crippen molar-refractivity contribution in [3.8, 4) is 0 Å². The summed E-state index contributed by atoms with van der Waals surface area (Å²) < 4.78 is 5.40. The van der Waals surface area contributed by atoms with E-state index in [0.29, 0.717) is 19.8 Å². The summed E-state index contributed by atoms with van der Waals surface area (Å²) in [6, 6.07) is 9.98. The maximum Gasteiger partial charge on any atom is 0.231 e. The molecule has 1 heterocycles. The largest absolute Gasteiger partial charge is 0.381 e. The highest BCUT2D eigenvalue weighted by molar-refractivity contribution is 5.88. The molecule has 0 radical (unpaired) electrons. The molecule has 96 valence electrons. The third-order valence-corrected chi connectivity index (χ3v) is 3.51. The minimum atomic E-state index is -0.442. The maximum absolute atomic E-state index is 12.5. The molecule has 3 heteroatoms. The van der Waals surface area contributed by atoms with Crippen molar-refractivity contribution in [1.82, 2.24) is 5.32 Å². The number of rotatable bonds is 4. The topological polar surface area (TPSA) is 38.3 Å². The number of benzene rings is 1. The fourth-order valence-electron chi connectivity index (χ4n) is 2.46. The van der Waals surface area contributed by atoms with Gasteiger partial charge < -0.3 is 10.1 Å². The number of nitrogens with one attached hydrogen (secondary N) is 1. The molecule has 0 saturated carbocycles. The van der Waals surface area contributed by atoms with E-state index in [1.165, 1.54) is 0 Å². The third-order valence-electron chi connectivity index (χ3n) is 3.51. The first-order valence-electron chi connectivity index (χ1n) is 6.32. The lowest BCUT2D eigenvalue weighted by Gasteiger charge is -2.36. The molecule has 1 N–H and O–H groups in total.